The number of aliphatic imine (C=N–C) groups is 1. The maximum atomic E-state index is 13.3. The molecule has 9 heteroatoms. The van der Waals surface area contributed by atoms with Crippen LogP contribution in [-0.2, 0) is 12.7 Å². The van der Waals surface area contributed by atoms with Crippen molar-refractivity contribution < 1.29 is 18.3 Å². The lowest BCUT2D eigenvalue weighted by Crippen LogP contribution is -2.43. The van der Waals surface area contributed by atoms with Gasteiger partial charge in [0.1, 0.15) is 16.4 Å². The predicted octanol–water partition coefficient (Wildman–Crippen LogP) is 4.49. The first-order valence-corrected chi connectivity index (χ1v) is 9.28. The van der Waals surface area contributed by atoms with Gasteiger partial charge < -0.3 is 10.0 Å². The van der Waals surface area contributed by atoms with Gasteiger partial charge in [-0.1, -0.05) is 19.3 Å². The molecule has 3 heterocycles. The van der Waals surface area contributed by atoms with Crippen LogP contribution in [0.5, 0.6) is 5.75 Å². The minimum atomic E-state index is -4.50. The molecule has 2 aliphatic rings. The predicted molar refractivity (Wildman–Crippen MR) is 91.6 cm³/mol. The number of aromatic hydroxyl groups is 1. The summed E-state index contributed by atoms with van der Waals surface area (Å²) in [7, 11) is 0. The fourth-order valence-corrected chi connectivity index (χ4v) is 4.40. The molecule has 2 aromatic heterocycles. The number of fused-ring (bicyclic) bond motifs is 1. The Balaban J connectivity index is 1.82. The van der Waals surface area contributed by atoms with Gasteiger partial charge >= 0.3 is 6.18 Å². The number of rotatable bonds is 2. The Bertz CT molecular complexity index is 843. The Labute approximate surface area is 152 Å². The van der Waals surface area contributed by atoms with Gasteiger partial charge in [-0.3, -0.25) is 0 Å². The summed E-state index contributed by atoms with van der Waals surface area (Å²) in [5, 5.41) is 10.4. The van der Waals surface area contributed by atoms with Gasteiger partial charge in [-0.15, -0.1) is 0 Å². The average Bonchev–Trinajstić information content (AvgIpc) is 3.05. The first kappa shape index (κ1) is 17.3. The first-order chi connectivity index (χ1) is 12.4. The third-order valence-corrected chi connectivity index (χ3v) is 5.64. The van der Waals surface area contributed by atoms with Crippen LogP contribution >= 0.6 is 11.5 Å². The van der Waals surface area contributed by atoms with Crippen LogP contribution in [0.3, 0.4) is 0 Å². The van der Waals surface area contributed by atoms with Crippen LogP contribution in [0.4, 0.5) is 18.2 Å². The fourth-order valence-electron chi connectivity index (χ4n) is 3.61. The maximum absolute atomic E-state index is 13.3. The van der Waals surface area contributed by atoms with E-state index in [2.05, 4.69) is 14.3 Å². The summed E-state index contributed by atoms with van der Waals surface area (Å²) in [6, 6.07) is 3.19. The Morgan fingerprint density at radius 1 is 1.19 bits per heavy atom. The minimum Gasteiger partial charge on any atom is -0.506 e. The number of hydrogen-bond acceptors (Lipinski definition) is 6. The van der Waals surface area contributed by atoms with Gasteiger partial charge in [-0.05, 0) is 36.5 Å². The van der Waals surface area contributed by atoms with E-state index in [1.165, 1.54) is 6.07 Å². The van der Waals surface area contributed by atoms with E-state index in [9.17, 15) is 18.3 Å². The molecule has 0 bridgehead atoms. The molecule has 0 amide bonds. The summed E-state index contributed by atoms with van der Waals surface area (Å²) >= 11 is 0.738. The van der Waals surface area contributed by atoms with Gasteiger partial charge in [0.2, 0.25) is 0 Å². The summed E-state index contributed by atoms with van der Waals surface area (Å²) in [4.78, 5) is 10.5. The maximum Gasteiger partial charge on any atom is 0.434 e. The molecule has 1 saturated carbocycles. The third-order valence-electron chi connectivity index (χ3n) is 4.86. The fraction of sp³-hybridized carbons (Fsp3) is 0.471. The van der Waals surface area contributed by atoms with Crippen molar-refractivity contribution in [3.8, 4) is 5.75 Å². The van der Waals surface area contributed by atoms with Crippen LogP contribution in [-0.4, -0.2) is 31.2 Å². The molecule has 2 aromatic rings. The Hall–Kier alpha value is -2.16. The molecule has 1 aliphatic carbocycles. The van der Waals surface area contributed by atoms with Crippen molar-refractivity contribution in [2.75, 3.05) is 0 Å². The second kappa shape index (κ2) is 6.53. The summed E-state index contributed by atoms with van der Waals surface area (Å²) < 4.78 is 43.5. The van der Waals surface area contributed by atoms with E-state index in [0.717, 1.165) is 43.6 Å². The second-order valence-electron chi connectivity index (χ2n) is 6.54. The Morgan fingerprint density at radius 2 is 1.96 bits per heavy atom. The molecule has 0 aromatic carbocycles. The third kappa shape index (κ3) is 3.04. The van der Waals surface area contributed by atoms with Crippen LogP contribution < -0.4 is 0 Å². The van der Waals surface area contributed by atoms with Crippen LogP contribution in [0.1, 0.15) is 49.1 Å². The zero-order chi connectivity index (χ0) is 18.3. The molecular weight excluding hydrogens is 365 g/mol. The SMILES string of the molecule is Oc1cccnc1C1=Nc2snc(C(F)(F)F)c2CN1C1CCCCC1. The van der Waals surface area contributed by atoms with Crippen molar-refractivity contribution in [1.29, 1.82) is 0 Å². The zero-order valence-electron chi connectivity index (χ0n) is 13.8. The first-order valence-electron chi connectivity index (χ1n) is 8.50. The molecule has 1 N–H and O–H groups in total. The van der Waals surface area contributed by atoms with Gasteiger partial charge in [-0.25, -0.2) is 9.98 Å². The van der Waals surface area contributed by atoms with E-state index in [-0.39, 0.29) is 28.9 Å². The van der Waals surface area contributed by atoms with Gasteiger partial charge in [0.05, 0.1) is 0 Å². The van der Waals surface area contributed by atoms with Crippen molar-refractivity contribution in [2.45, 2.75) is 50.9 Å². The van der Waals surface area contributed by atoms with E-state index in [0.29, 0.717) is 11.5 Å². The van der Waals surface area contributed by atoms with E-state index in [1.807, 2.05) is 4.90 Å². The van der Waals surface area contributed by atoms with Crippen LogP contribution in [0.25, 0.3) is 0 Å². The zero-order valence-corrected chi connectivity index (χ0v) is 14.6. The number of alkyl halides is 3. The number of amidine groups is 1. The number of pyridine rings is 1. The van der Waals surface area contributed by atoms with Crippen molar-refractivity contribution >= 4 is 22.4 Å². The molecule has 1 fully saturated rings. The number of halogens is 3. The van der Waals surface area contributed by atoms with E-state index in [4.69, 9.17) is 0 Å². The number of nitrogens with zero attached hydrogens (tertiary/aromatic N) is 4. The standard InChI is InChI=1S/C17H17F3N4OS/c18-17(19,20)14-11-9-24(10-5-2-1-3-6-10)15(22-16(11)26-23-14)13-12(25)7-4-8-21-13/h4,7-8,10,25H,1-3,5-6,9H2. The lowest BCUT2D eigenvalue weighted by molar-refractivity contribution is -0.141. The lowest BCUT2D eigenvalue weighted by Gasteiger charge is -2.38. The van der Waals surface area contributed by atoms with Crippen molar-refractivity contribution in [2.24, 2.45) is 4.99 Å². The van der Waals surface area contributed by atoms with Crippen LogP contribution in [0.15, 0.2) is 23.3 Å². The molecule has 0 unspecified atom stereocenters. The highest BCUT2D eigenvalue weighted by Gasteiger charge is 2.41. The molecule has 0 saturated heterocycles. The molecule has 1 aliphatic heterocycles. The quantitative estimate of drug-likeness (QED) is 0.831. The van der Waals surface area contributed by atoms with Crippen LogP contribution in [0.2, 0.25) is 0 Å². The highest BCUT2D eigenvalue weighted by Crippen LogP contribution is 2.43. The molecule has 138 valence electrons. The molecular formula is C17H17F3N4OS. The molecule has 0 atom stereocenters. The summed E-state index contributed by atoms with van der Waals surface area (Å²) in [5.74, 6) is 0.399. The monoisotopic (exact) mass is 382 g/mol. The molecule has 5 nitrogen and oxygen atoms in total. The van der Waals surface area contributed by atoms with E-state index >= 15 is 0 Å². The molecule has 4 rings (SSSR count). The highest BCUT2D eigenvalue weighted by atomic mass is 32.1. The second-order valence-corrected chi connectivity index (χ2v) is 7.29. The van der Waals surface area contributed by atoms with Gasteiger partial charge in [0, 0.05) is 24.3 Å². The Morgan fingerprint density at radius 3 is 2.65 bits per heavy atom. The Kier molecular flexibility index (Phi) is 4.34. The smallest absolute Gasteiger partial charge is 0.434 e. The summed E-state index contributed by atoms with van der Waals surface area (Å²) in [6.07, 6.45) is 2.02. The summed E-state index contributed by atoms with van der Waals surface area (Å²) in [5.41, 5.74) is -0.440. The van der Waals surface area contributed by atoms with Gasteiger partial charge in [-0.2, -0.15) is 17.5 Å². The summed E-state index contributed by atoms with van der Waals surface area (Å²) in [6.45, 7) is 0.0835. The normalized spacial score (nSPS) is 18.6. The number of aromatic nitrogens is 2. The van der Waals surface area contributed by atoms with Crippen molar-refractivity contribution in [1.82, 2.24) is 14.3 Å². The van der Waals surface area contributed by atoms with Gasteiger partial charge in [0.15, 0.2) is 11.5 Å². The topological polar surface area (TPSA) is 61.6 Å². The molecule has 26 heavy (non-hydrogen) atoms. The molecule has 0 radical (unpaired) electrons. The van der Waals surface area contributed by atoms with E-state index in [1.54, 1.807) is 12.3 Å². The van der Waals surface area contributed by atoms with E-state index < -0.39 is 11.9 Å². The van der Waals surface area contributed by atoms with Crippen molar-refractivity contribution in [3.05, 3.63) is 35.3 Å². The molecule has 0 spiro atoms. The van der Waals surface area contributed by atoms with Crippen molar-refractivity contribution in [3.63, 3.8) is 0 Å². The average molecular weight is 382 g/mol. The van der Waals surface area contributed by atoms with Gasteiger partial charge in [0.25, 0.3) is 0 Å². The number of hydrogen-bond donors (Lipinski definition) is 1. The minimum absolute atomic E-state index is 0.0314. The van der Waals surface area contributed by atoms with Crippen LogP contribution in [0, 0.1) is 0 Å². The highest BCUT2D eigenvalue weighted by molar-refractivity contribution is 7.10. The lowest BCUT2D eigenvalue weighted by atomic mass is 9.93. The largest absolute Gasteiger partial charge is 0.506 e.